The molecule has 0 N–H and O–H groups in total. The molecule has 0 aliphatic heterocycles. The minimum atomic E-state index is 0.457. The third-order valence-corrected chi connectivity index (χ3v) is 1.93. The number of halogens is 2. The molecule has 0 saturated heterocycles. The molecule has 0 atom stereocenters. The maximum absolute atomic E-state index is 10.2. The van der Waals surface area contributed by atoms with Gasteiger partial charge in [-0.15, -0.1) is 0 Å². The first kappa shape index (κ1) is 8.13. The molecular weight excluding hydrogens is 309 g/mol. The summed E-state index contributed by atoms with van der Waals surface area (Å²) in [6.45, 7) is 0. The molecule has 1 aromatic rings. The van der Waals surface area contributed by atoms with E-state index in [9.17, 15) is 4.79 Å². The molecule has 4 heteroatoms. The third-order valence-electron chi connectivity index (χ3n) is 0.899. The van der Waals surface area contributed by atoms with Crippen molar-refractivity contribution in [2.75, 3.05) is 0 Å². The normalized spacial score (nSPS) is 9.40. The molecular formula is C6H3BrINO. The van der Waals surface area contributed by atoms with E-state index >= 15 is 0 Å². The number of aldehydes is 1. The van der Waals surface area contributed by atoms with Gasteiger partial charge in [0.15, 0.2) is 6.29 Å². The molecule has 0 unspecified atom stereocenters. The Morgan fingerprint density at radius 2 is 2.30 bits per heavy atom. The van der Waals surface area contributed by atoms with Gasteiger partial charge in [-0.2, -0.15) is 0 Å². The van der Waals surface area contributed by atoms with Crippen molar-refractivity contribution in [3.63, 3.8) is 0 Å². The van der Waals surface area contributed by atoms with E-state index in [1.165, 1.54) is 0 Å². The topological polar surface area (TPSA) is 30.0 Å². The largest absolute Gasteiger partial charge is 0.296 e. The molecule has 52 valence electrons. The molecule has 0 aliphatic rings. The zero-order chi connectivity index (χ0) is 7.56. The lowest BCUT2D eigenvalue weighted by molar-refractivity contribution is 0.111. The highest BCUT2D eigenvalue weighted by Crippen LogP contribution is 2.11. The number of aromatic nitrogens is 1. The molecule has 2 nitrogen and oxygen atoms in total. The Balaban J connectivity index is 3.18. The molecule has 0 radical (unpaired) electrons. The Morgan fingerprint density at radius 3 is 2.80 bits per heavy atom. The zero-order valence-electron chi connectivity index (χ0n) is 4.84. The second kappa shape index (κ2) is 3.43. The highest BCUT2D eigenvalue weighted by atomic mass is 127. The van der Waals surface area contributed by atoms with E-state index in [0.29, 0.717) is 10.3 Å². The number of hydrogen-bond acceptors (Lipinski definition) is 2. The van der Waals surface area contributed by atoms with Crippen molar-refractivity contribution in [2.24, 2.45) is 0 Å². The van der Waals surface area contributed by atoms with Gasteiger partial charge in [0.05, 0.1) is 0 Å². The van der Waals surface area contributed by atoms with Crippen molar-refractivity contribution in [1.29, 1.82) is 0 Å². The summed E-state index contributed by atoms with van der Waals surface area (Å²) in [7, 11) is 0. The van der Waals surface area contributed by atoms with E-state index in [0.717, 1.165) is 9.86 Å². The molecule has 0 amide bonds. The van der Waals surface area contributed by atoms with Crippen molar-refractivity contribution in [2.45, 2.75) is 0 Å². The molecule has 0 bridgehead atoms. The minimum Gasteiger partial charge on any atom is -0.296 e. The van der Waals surface area contributed by atoms with Crippen LogP contribution in [0.3, 0.4) is 0 Å². The lowest BCUT2D eigenvalue weighted by Crippen LogP contribution is -1.87. The van der Waals surface area contributed by atoms with Gasteiger partial charge >= 0.3 is 0 Å². The number of pyridine rings is 1. The zero-order valence-corrected chi connectivity index (χ0v) is 8.59. The Hall–Kier alpha value is 0.0300. The van der Waals surface area contributed by atoms with Crippen molar-refractivity contribution < 1.29 is 4.79 Å². The predicted molar refractivity (Wildman–Crippen MR) is 50.0 cm³/mol. The summed E-state index contributed by atoms with van der Waals surface area (Å²) in [5.41, 5.74) is 0.457. The summed E-state index contributed by atoms with van der Waals surface area (Å²) in [6, 6.07) is 3.56. The van der Waals surface area contributed by atoms with Crippen LogP contribution in [-0.2, 0) is 0 Å². The molecule has 0 aliphatic carbocycles. The van der Waals surface area contributed by atoms with Gasteiger partial charge in [-0.1, -0.05) is 0 Å². The second-order valence-corrected chi connectivity index (χ2v) is 3.71. The van der Waals surface area contributed by atoms with Crippen LogP contribution in [0.2, 0.25) is 0 Å². The van der Waals surface area contributed by atoms with Crippen LogP contribution in [0.4, 0.5) is 0 Å². The molecule has 0 saturated carbocycles. The molecule has 0 aromatic carbocycles. The molecule has 1 aromatic heterocycles. The van der Waals surface area contributed by atoms with Crippen molar-refractivity contribution >= 4 is 44.8 Å². The van der Waals surface area contributed by atoms with Crippen molar-refractivity contribution in [3.05, 3.63) is 26.0 Å². The number of rotatable bonds is 1. The van der Waals surface area contributed by atoms with Crippen LogP contribution in [0.1, 0.15) is 10.5 Å². The summed E-state index contributed by atoms with van der Waals surface area (Å²) in [5, 5.41) is 0. The highest BCUT2D eigenvalue weighted by molar-refractivity contribution is 14.1. The van der Waals surface area contributed by atoms with E-state index in [1.807, 2.05) is 6.07 Å². The van der Waals surface area contributed by atoms with E-state index in [-0.39, 0.29) is 0 Å². The fraction of sp³-hybridized carbons (Fsp3) is 0. The summed E-state index contributed by atoms with van der Waals surface area (Å²) in [5.74, 6) is 0. The quantitative estimate of drug-likeness (QED) is 0.452. The van der Waals surface area contributed by atoms with E-state index in [4.69, 9.17) is 0 Å². The van der Waals surface area contributed by atoms with Gasteiger partial charge in [0.2, 0.25) is 0 Å². The summed E-state index contributed by atoms with van der Waals surface area (Å²) in [6.07, 6.45) is 0.729. The maximum Gasteiger partial charge on any atom is 0.168 e. The van der Waals surface area contributed by atoms with Gasteiger partial charge < -0.3 is 0 Å². The Kier molecular flexibility index (Phi) is 2.79. The summed E-state index contributed by atoms with van der Waals surface area (Å²) in [4.78, 5) is 14.1. The van der Waals surface area contributed by atoms with Crippen LogP contribution >= 0.6 is 38.5 Å². The Labute approximate surface area is 80.3 Å². The van der Waals surface area contributed by atoms with Crippen LogP contribution < -0.4 is 0 Å². The lowest BCUT2D eigenvalue weighted by Gasteiger charge is -1.92. The predicted octanol–water partition coefficient (Wildman–Crippen LogP) is 2.26. The van der Waals surface area contributed by atoms with Crippen LogP contribution in [0, 0.1) is 3.57 Å². The van der Waals surface area contributed by atoms with Crippen molar-refractivity contribution in [3.8, 4) is 0 Å². The fourth-order valence-corrected chi connectivity index (χ4v) is 2.04. The van der Waals surface area contributed by atoms with Crippen LogP contribution in [0.15, 0.2) is 16.7 Å². The van der Waals surface area contributed by atoms with Gasteiger partial charge in [0.25, 0.3) is 0 Å². The molecule has 1 heterocycles. The Bertz CT molecular complexity index is 244. The standard InChI is InChI=1S/C6H3BrINO/c7-6-2-4(8)1-5(3-10)9-6/h1-3H. The lowest BCUT2D eigenvalue weighted by atomic mass is 10.4. The van der Waals surface area contributed by atoms with E-state index in [2.05, 4.69) is 43.5 Å². The average molecular weight is 312 g/mol. The van der Waals surface area contributed by atoms with Gasteiger partial charge in [-0.3, -0.25) is 4.79 Å². The van der Waals surface area contributed by atoms with Crippen LogP contribution in [-0.4, -0.2) is 11.3 Å². The molecule has 1 rings (SSSR count). The maximum atomic E-state index is 10.2. The summed E-state index contributed by atoms with van der Waals surface area (Å²) < 4.78 is 1.70. The number of carbonyl (C=O) groups excluding carboxylic acids is 1. The number of carbonyl (C=O) groups is 1. The number of nitrogens with zero attached hydrogens (tertiary/aromatic N) is 1. The molecule has 0 fully saturated rings. The average Bonchev–Trinajstić information content (AvgIpc) is 1.85. The van der Waals surface area contributed by atoms with E-state index < -0.39 is 0 Å². The van der Waals surface area contributed by atoms with Crippen molar-refractivity contribution in [1.82, 2.24) is 4.98 Å². The molecule has 0 spiro atoms. The smallest absolute Gasteiger partial charge is 0.168 e. The molecule has 10 heavy (non-hydrogen) atoms. The first-order chi connectivity index (χ1) is 4.72. The third kappa shape index (κ3) is 2.02. The second-order valence-electron chi connectivity index (χ2n) is 1.65. The first-order valence-electron chi connectivity index (χ1n) is 2.50. The van der Waals surface area contributed by atoms with Crippen LogP contribution in [0.5, 0.6) is 0 Å². The van der Waals surface area contributed by atoms with Gasteiger partial charge in [-0.05, 0) is 50.7 Å². The SMILES string of the molecule is O=Cc1cc(I)cc(Br)n1. The highest BCUT2D eigenvalue weighted by Gasteiger charge is 1.95. The van der Waals surface area contributed by atoms with Crippen LogP contribution in [0.25, 0.3) is 0 Å². The van der Waals surface area contributed by atoms with Gasteiger partial charge in [-0.25, -0.2) is 4.98 Å². The monoisotopic (exact) mass is 311 g/mol. The number of hydrogen-bond donors (Lipinski definition) is 0. The first-order valence-corrected chi connectivity index (χ1v) is 4.38. The van der Waals surface area contributed by atoms with Gasteiger partial charge in [0.1, 0.15) is 10.3 Å². The fourth-order valence-electron chi connectivity index (χ4n) is 0.545. The van der Waals surface area contributed by atoms with Gasteiger partial charge in [0, 0.05) is 3.57 Å². The van der Waals surface area contributed by atoms with E-state index in [1.54, 1.807) is 6.07 Å². The Morgan fingerprint density at radius 1 is 1.60 bits per heavy atom. The minimum absolute atomic E-state index is 0.457. The summed E-state index contributed by atoms with van der Waals surface area (Å²) >= 11 is 5.30.